The molecule has 0 unspecified atom stereocenters. The van der Waals surface area contributed by atoms with Gasteiger partial charge in [-0.2, -0.15) is 5.11 Å². The van der Waals surface area contributed by atoms with E-state index in [-0.39, 0.29) is 5.78 Å². The van der Waals surface area contributed by atoms with Crippen LogP contribution in [0.25, 0.3) is 0 Å². The molecule has 0 aromatic heterocycles. The number of benzene rings is 2. The van der Waals surface area contributed by atoms with Gasteiger partial charge in [0.1, 0.15) is 12.2 Å². The minimum absolute atomic E-state index is 0.186. The van der Waals surface area contributed by atoms with Crippen molar-refractivity contribution in [1.82, 2.24) is 0 Å². The van der Waals surface area contributed by atoms with Gasteiger partial charge in [0.15, 0.2) is 5.78 Å². The number of hydrogen-bond donors (Lipinski definition) is 0. The maximum absolute atomic E-state index is 12.7. The summed E-state index contributed by atoms with van der Waals surface area (Å²) in [7, 11) is 0. The molecule has 2 rings (SSSR count). The minimum atomic E-state index is 0.186. The predicted octanol–water partition coefficient (Wildman–Crippen LogP) is 7.24. The average molecular weight is 478 g/mol. The Bertz CT molecular complexity index is 889. The van der Waals surface area contributed by atoms with Crippen molar-refractivity contribution in [2.24, 2.45) is 10.2 Å². The second kappa shape index (κ2) is 12.3. The van der Waals surface area contributed by atoms with Crippen molar-refractivity contribution < 1.29 is 9.28 Å². The van der Waals surface area contributed by atoms with E-state index in [9.17, 15) is 4.79 Å². The van der Waals surface area contributed by atoms with Crippen LogP contribution in [0.2, 0.25) is 10.0 Å². The second-order valence-corrected chi connectivity index (χ2v) is 8.78. The van der Waals surface area contributed by atoms with Gasteiger partial charge in [0.25, 0.3) is 0 Å². The number of halogens is 2. The maximum Gasteiger partial charge on any atom is 0.191 e. The lowest BCUT2D eigenvalue weighted by Crippen LogP contribution is -2.51. The van der Waals surface area contributed by atoms with E-state index in [1.165, 1.54) is 0 Å². The van der Waals surface area contributed by atoms with Crippen LogP contribution in [-0.2, 0) is 11.2 Å². The van der Waals surface area contributed by atoms with Crippen molar-refractivity contribution in [2.45, 2.75) is 41.0 Å². The Hall–Kier alpha value is -1.95. The van der Waals surface area contributed by atoms with Gasteiger partial charge < -0.3 is 9.38 Å². The first-order valence-electron chi connectivity index (χ1n) is 11.4. The summed E-state index contributed by atoms with van der Waals surface area (Å²) < 4.78 is 0.791. The molecule has 0 radical (unpaired) electrons. The molecule has 0 amide bonds. The quantitative estimate of drug-likeness (QED) is 0.238. The second-order valence-electron chi connectivity index (χ2n) is 7.96. The molecule has 0 heterocycles. The van der Waals surface area contributed by atoms with Crippen LogP contribution < -0.4 is 4.90 Å². The Morgan fingerprint density at radius 3 is 1.88 bits per heavy atom. The molecule has 2 aromatic carbocycles. The molecule has 0 saturated carbocycles. The molecule has 0 N–H and O–H groups in total. The Kier molecular flexibility index (Phi) is 10.1. The molecule has 0 aliphatic carbocycles. The SMILES string of the molecule is CCN(CC)c1ccc(N=Nc2c(Cl)cc(CC(=O)C[N+](CC)(CC)CC)cc2Cl)cc1. The standard InChI is InChI=1S/C25H35Cl2N4O/c1-6-30(7-2)21-13-11-20(12-14-21)28-29-25-23(26)16-19(17-24(25)27)15-22(32)18-31(8-3,9-4)10-5/h11-14,16-17H,6-10,15,18H2,1-5H3/q+1. The molecule has 0 saturated heterocycles. The number of carbonyl (C=O) groups excluding carboxylic acids is 1. The maximum atomic E-state index is 12.7. The molecule has 7 heteroatoms. The fourth-order valence-corrected chi connectivity index (χ4v) is 4.51. The summed E-state index contributed by atoms with van der Waals surface area (Å²) in [6.45, 7) is 15.9. The molecule has 32 heavy (non-hydrogen) atoms. The van der Waals surface area contributed by atoms with Gasteiger partial charge in [0.05, 0.1) is 35.4 Å². The lowest BCUT2D eigenvalue weighted by Gasteiger charge is -2.35. The minimum Gasteiger partial charge on any atom is -0.372 e. The zero-order valence-corrected chi connectivity index (χ0v) is 21.4. The molecular weight excluding hydrogens is 443 g/mol. The van der Waals surface area contributed by atoms with Crippen molar-refractivity contribution in [3.63, 3.8) is 0 Å². The normalized spacial score (nSPS) is 11.8. The largest absolute Gasteiger partial charge is 0.372 e. The van der Waals surface area contributed by atoms with Crippen LogP contribution in [0.3, 0.4) is 0 Å². The zero-order valence-electron chi connectivity index (χ0n) is 19.9. The molecule has 0 atom stereocenters. The number of ketones is 1. The third-order valence-electron chi connectivity index (χ3n) is 6.25. The number of quaternary nitrogens is 1. The topological polar surface area (TPSA) is 45.0 Å². The van der Waals surface area contributed by atoms with E-state index in [4.69, 9.17) is 23.2 Å². The van der Waals surface area contributed by atoms with E-state index in [0.717, 1.165) is 54.1 Å². The Balaban J connectivity index is 2.13. The molecule has 0 aliphatic heterocycles. The summed E-state index contributed by atoms with van der Waals surface area (Å²) >= 11 is 12.9. The molecule has 0 fully saturated rings. The highest BCUT2D eigenvalue weighted by molar-refractivity contribution is 6.38. The van der Waals surface area contributed by atoms with Crippen molar-refractivity contribution in [1.29, 1.82) is 0 Å². The summed E-state index contributed by atoms with van der Waals surface area (Å²) in [5.41, 5.74) is 3.09. The van der Waals surface area contributed by atoms with Crippen LogP contribution in [0.15, 0.2) is 46.6 Å². The number of nitrogens with zero attached hydrogens (tertiary/aromatic N) is 4. The molecule has 5 nitrogen and oxygen atoms in total. The number of hydrogen-bond acceptors (Lipinski definition) is 4. The highest BCUT2D eigenvalue weighted by atomic mass is 35.5. The van der Waals surface area contributed by atoms with E-state index in [1.54, 1.807) is 12.1 Å². The Morgan fingerprint density at radius 2 is 1.41 bits per heavy atom. The van der Waals surface area contributed by atoms with Crippen LogP contribution in [0, 0.1) is 0 Å². The van der Waals surface area contributed by atoms with Crippen LogP contribution in [0.5, 0.6) is 0 Å². The molecule has 2 aromatic rings. The number of likely N-dealkylation sites (N-methyl/N-ethyl adjacent to an activating group) is 1. The van der Waals surface area contributed by atoms with Gasteiger partial charge in [-0.05, 0) is 76.6 Å². The first-order valence-corrected chi connectivity index (χ1v) is 12.2. The van der Waals surface area contributed by atoms with Crippen LogP contribution >= 0.6 is 23.2 Å². The summed E-state index contributed by atoms with van der Waals surface area (Å²) in [6, 6.07) is 11.4. The van der Waals surface area contributed by atoms with Crippen LogP contribution in [-0.4, -0.2) is 49.5 Å². The van der Waals surface area contributed by atoms with Gasteiger partial charge in [0.2, 0.25) is 0 Å². The summed E-state index contributed by atoms with van der Waals surface area (Å²) in [5.74, 6) is 0.186. The Morgan fingerprint density at radius 1 is 0.875 bits per heavy atom. The monoisotopic (exact) mass is 477 g/mol. The number of anilines is 1. The van der Waals surface area contributed by atoms with E-state index in [2.05, 4.69) is 49.7 Å². The molecule has 174 valence electrons. The van der Waals surface area contributed by atoms with Crippen molar-refractivity contribution in [3.8, 4) is 0 Å². The number of Topliss-reactive ketones (excluding diaryl/α,β-unsaturated/α-hetero) is 1. The van der Waals surface area contributed by atoms with Crippen LogP contribution in [0.4, 0.5) is 17.1 Å². The molecular formula is C25H35Cl2N4O+. The highest BCUT2D eigenvalue weighted by Gasteiger charge is 2.25. The predicted molar refractivity (Wildman–Crippen MR) is 136 cm³/mol. The van der Waals surface area contributed by atoms with Crippen molar-refractivity contribution in [3.05, 3.63) is 52.0 Å². The van der Waals surface area contributed by atoms with E-state index >= 15 is 0 Å². The first kappa shape index (κ1) is 26.3. The summed E-state index contributed by atoms with van der Waals surface area (Å²) in [4.78, 5) is 15.0. The van der Waals surface area contributed by atoms with Crippen molar-refractivity contribution >= 4 is 46.0 Å². The fraction of sp³-hybridized carbons (Fsp3) is 0.480. The number of carbonyl (C=O) groups is 1. The molecule has 0 aliphatic rings. The average Bonchev–Trinajstić information content (AvgIpc) is 2.78. The summed E-state index contributed by atoms with van der Waals surface area (Å²) in [6.07, 6.45) is 0.309. The lowest BCUT2D eigenvalue weighted by atomic mass is 10.1. The molecule has 0 spiro atoms. The third kappa shape index (κ3) is 6.77. The van der Waals surface area contributed by atoms with Crippen LogP contribution in [0.1, 0.15) is 40.2 Å². The molecule has 0 bridgehead atoms. The highest BCUT2D eigenvalue weighted by Crippen LogP contribution is 2.36. The first-order chi connectivity index (χ1) is 15.3. The fourth-order valence-electron chi connectivity index (χ4n) is 3.91. The van der Waals surface area contributed by atoms with Crippen molar-refractivity contribution in [2.75, 3.05) is 44.2 Å². The van der Waals surface area contributed by atoms with Gasteiger partial charge >= 0.3 is 0 Å². The van der Waals surface area contributed by atoms with Gasteiger partial charge in [-0.15, -0.1) is 5.11 Å². The van der Waals surface area contributed by atoms with E-state index in [0.29, 0.717) is 28.7 Å². The smallest absolute Gasteiger partial charge is 0.191 e. The zero-order chi connectivity index (χ0) is 23.7. The third-order valence-corrected chi connectivity index (χ3v) is 6.82. The van der Waals surface area contributed by atoms with Gasteiger partial charge in [-0.3, -0.25) is 4.79 Å². The van der Waals surface area contributed by atoms with Gasteiger partial charge in [-0.25, -0.2) is 0 Å². The van der Waals surface area contributed by atoms with Gasteiger partial charge in [-0.1, -0.05) is 23.2 Å². The number of azo groups is 1. The number of rotatable bonds is 12. The summed E-state index contributed by atoms with van der Waals surface area (Å²) in [5, 5.41) is 9.35. The van der Waals surface area contributed by atoms with Gasteiger partial charge in [0, 0.05) is 25.2 Å². The van der Waals surface area contributed by atoms with E-state index < -0.39 is 0 Å². The lowest BCUT2D eigenvalue weighted by molar-refractivity contribution is -0.915. The van der Waals surface area contributed by atoms with E-state index in [1.807, 2.05) is 24.3 Å². The Labute approximate surface area is 202 Å².